The average molecular weight is 316 g/mol. The highest BCUT2D eigenvalue weighted by Crippen LogP contribution is 2.11. The molecule has 1 aliphatic rings. The third-order valence-electron chi connectivity index (χ3n) is 4.44. The fraction of sp³-hybridized carbons (Fsp3) is 0.632. The van der Waals surface area contributed by atoms with Crippen LogP contribution in [-0.4, -0.2) is 48.5 Å². The molecule has 0 bridgehead atoms. The predicted molar refractivity (Wildman–Crippen MR) is 98.7 cm³/mol. The van der Waals surface area contributed by atoms with Gasteiger partial charge in [0.2, 0.25) is 0 Å². The Morgan fingerprint density at radius 2 is 1.83 bits per heavy atom. The van der Waals surface area contributed by atoms with Gasteiger partial charge in [-0.15, -0.1) is 0 Å². The largest absolute Gasteiger partial charge is 0.357 e. The number of hydrogen-bond donors (Lipinski definition) is 1. The molecule has 0 saturated carbocycles. The third-order valence-corrected chi connectivity index (χ3v) is 4.44. The molecule has 1 heterocycles. The molecule has 0 aliphatic carbocycles. The van der Waals surface area contributed by atoms with Crippen LogP contribution in [0.25, 0.3) is 0 Å². The molecule has 1 aromatic rings. The van der Waals surface area contributed by atoms with Gasteiger partial charge < -0.3 is 10.2 Å². The number of hydrogen-bond acceptors (Lipinski definition) is 2. The summed E-state index contributed by atoms with van der Waals surface area (Å²) in [6.07, 6.45) is 2.56. The quantitative estimate of drug-likeness (QED) is 0.619. The molecule has 0 amide bonds. The van der Waals surface area contributed by atoms with E-state index in [1.165, 1.54) is 24.0 Å². The van der Waals surface area contributed by atoms with Crippen LogP contribution in [0.1, 0.15) is 44.7 Å². The highest BCUT2D eigenvalue weighted by Gasteiger charge is 2.15. The Morgan fingerprint density at radius 1 is 1.13 bits per heavy atom. The fourth-order valence-corrected chi connectivity index (χ4v) is 3.05. The van der Waals surface area contributed by atoms with Crippen LogP contribution in [0.2, 0.25) is 0 Å². The molecule has 0 radical (unpaired) electrons. The van der Waals surface area contributed by atoms with Crippen LogP contribution in [-0.2, 0) is 13.1 Å². The monoisotopic (exact) mass is 316 g/mol. The summed E-state index contributed by atoms with van der Waals surface area (Å²) in [4.78, 5) is 9.66. The van der Waals surface area contributed by atoms with Crippen molar-refractivity contribution in [3.8, 4) is 0 Å². The van der Waals surface area contributed by atoms with Crippen molar-refractivity contribution < 1.29 is 0 Å². The topological polar surface area (TPSA) is 30.9 Å². The van der Waals surface area contributed by atoms with Crippen molar-refractivity contribution >= 4 is 5.96 Å². The van der Waals surface area contributed by atoms with Crippen LogP contribution in [0, 0.1) is 0 Å². The molecule has 1 aliphatic heterocycles. The Labute approximate surface area is 141 Å². The minimum atomic E-state index is 0.755. The second-order valence-electron chi connectivity index (χ2n) is 6.15. The molecule has 0 aromatic heterocycles. The van der Waals surface area contributed by atoms with Crippen molar-refractivity contribution in [3.05, 3.63) is 35.4 Å². The first kappa shape index (κ1) is 17.8. The minimum Gasteiger partial charge on any atom is -0.357 e. The molecule has 0 atom stereocenters. The van der Waals surface area contributed by atoms with Crippen molar-refractivity contribution in [1.29, 1.82) is 0 Å². The zero-order valence-corrected chi connectivity index (χ0v) is 15.0. The molecule has 0 spiro atoms. The lowest BCUT2D eigenvalue weighted by molar-refractivity contribution is 0.296. The van der Waals surface area contributed by atoms with Gasteiger partial charge in [0, 0.05) is 26.2 Å². The second-order valence-corrected chi connectivity index (χ2v) is 6.15. The predicted octanol–water partition coefficient (Wildman–Crippen LogP) is 3.09. The van der Waals surface area contributed by atoms with Crippen molar-refractivity contribution in [2.75, 3.05) is 32.7 Å². The first-order valence-corrected chi connectivity index (χ1v) is 9.10. The lowest BCUT2D eigenvalue weighted by Crippen LogP contribution is -2.39. The van der Waals surface area contributed by atoms with Crippen LogP contribution in [0.3, 0.4) is 0 Å². The maximum absolute atomic E-state index is 4.84. The van der Waals surface area contributed by atoms with Crippen molar-refractivity contribution in [1.82, 2.24) is 15.1 Å². The van der Waals surface area contributed by atoms with Crippen LogP contribution < -0.4 is 5.32 Å². The van der Waals surface area contributed by atoms with E-state index in [0.29, 0.717) is 0 Å². The molecule has 0 unspecified atom stereocenters. The van der Waals surface area contributed by atoms with Gasteiger partial charge in [-0.05, 0) is 44.0 Å². The van der Waals surface area contributed by atoms with Crippen molar-refractivity contribution in [3.63, 3.8) is 0 Å². The number of guanidine groups is 1. The van der Waals surface area contributed by atoms with Gasteiger partial charge in [-0.25, -0.2) is 4.99 Å². The number of likely N-dealkylation sites (tertiary alicyclic amines) is 1. The molecule has 128 valence electrons. The van der Waals surface area contributed by atoms with Gasteiger partial charge in [0.05, 0.1) is 6.54 Å². The van der Waals surface area contributed by atoms with Crippen molar-refractivity contribution in [2.45, 2.75) is 46.7 Å². The second kappa shape index (κ2) is 9.56. The Bertz CT molecular complexity index is 488. The summed E-state index contributed by atoms with van der Waals surface area (Å²) in [6.45, 7) is 13.7. The van der Waals surface area contributed by atoms with E-state index in [9.17, 15) is 0 Å². The standard InChI is InChI=1S/C19H32N4/c1-4-20-19(23-12-7-8-13-23)21-15-17-10-9-11-18(14-17)16-22(5-2)6-3/h9-11,14H,4-8,12-13,15-16H2,1-3H3,(H,20,21). The smallest absolute Gasteiger partial charge is 0.194 e. The number of aliphatic imine (C=N–C) groups is 1. The maximum Gasteiger partial charge on any atom is 0.194 e. The average Bonchev–Trinajstić information content (AvgIpc) is 3.11. The number of rotatable bonds is 7. The Kier molecular flexibility index (Phi) is 7.40. The zero-order chi connectivity index (χ0) is 16.5. The summed E-state index contributed by atoms with van der Waals surface area (Å²) in [7, 11) is 0. The van der Waals surface area contributed by atoms with E-state index in [-0.39, 0.29) is 0 Å². The maximum atomic E-state index is 4.84. The summed E-state index contributed by atoms with van der Waals surface area (Å²) in [5, 5.41) is 3.43. The summed E-state index contributed by atoms with van der Waals surface area (Å²) in [5.41, 5.74) is 2.68. The summed E-state index contributed by atoms with van der Waals surface area (Å²) in [5.74, 6) is 1.07. The highest BCUT2D eigenvalue weighted by molar-refractivity contribution is 5.80. The first-order chi connectivity index (χ1) is 11.3. The first-order valence-electron chi connectivity index (χ1n) is 9.10. The molecule has 1 saturated heterocycles. The van der Waals surface area contributed by atoms with Gasteiger partial charge in [-0.3, -0.25) is 4.90 Å². The minimum absolute atomic E-state index is 0.755. The zero-order valence-electron chi connectivity index (χ0n) is 15.0. The van der Waals surface area contributed by atoms with Gasteiger partial charge in [-0.1, -0.05) is 38.1 Å². The molecule has 4 nitrogen and oxygen atoms in total. The van der Waals surface area contributed by atoms with Gasteiger partial charge in [0.25, 0.3) is 0 Å². The summed E-state index contributed by atoms with van der Waals surface area (Å²) >= 11 is 0. The highest BCUT2D eigenvalue weighted by atomic mass is 15.3. The lowest BCUT2D eigenvalue weighted by Gasteiger charge is -2.21. The van der Waals surface area contributed by atoms with E-state index in [4.69, 9.17) is 4.99 Å². The SMILES string of the molecule is CCNC(=NCc1cccc(CN(CC)CC)c1)N1CCCC1. The van der Waals surface area contributed by atoms with E-state index in [0.717, 1.165) is 51.8 Å². The number of nitrogens with one attached hydrogen (secondary N) is 1. The van der Waals surface area contributed by atoms with Crippen molar-refractivity contribution in [2.24, 2.45) is 4.99 Å². The molecule has 1 fully saturated rings. The Balaban J connectivity index is 2.01. The van der Waals surface area contributed by atoms with Gasteiger partial charge >= 0.3 is 0 Å². The molecule has 23 heavy (non-hydrogen) atoms. The van der Waals surface area contributed by atoms with Gasteiger partial charge in [0.15, 0.2) is 5.96 Å². The summed E-state index contributed by atoms with van der Waals surface area (Å²) in [6, 6.07) is 8.86. The van der Waals surface area contributed by atoms with Crippen LogP contribution >= 0.6 is 0 Å². The molecule has 1 aromatic carbocycles. The van der Waals surface area contributed by atoms with E-state index in [1.807, 2.05) is 0 Å². The van der Waals surface area contributed by atoms with Gasteiger partial charge in [0.1, 0.15) is 0 Å². The van der Waals surface area contributed by atoms with E-state index >= 15 is 0 Å². The fourth-order valence-electron chi connectivity index (χ4n) is 3.05. The van der Waals surface area contributed by atoms with Crippen LogP contribution in [0.15, 0.2) is 29.3 Å². The number of benzene rings is 1. The Hall–Kier alpha value is -1.55. The molecule has 1 N–H and O–H groups in total. The van der Waals surface area contributed by atoms with Gasteiger partial charge in [-0.2, -0.15) is 0 Å². The van der Waals surface area contributed by atoms with E-state index < -0.39 is 0 Å². The van der Waals surface area contributed by atoms with Crippen LogP contribution in [0.4, 0.5) is 0 Å². The normalized spacial score (nSPS) is 15.5. The molecule has 4 heteroatoms. The number of nitrogens with zero attached hydrogens (tertiary/aromatic N) is 3. The van der Waals surface area contributed by atoms with E-state index in [2.05, 4.69) is 60.2 Å². The third kappa shape index (κ3) is 5.54. The summed E-state index contributed by atoms with van der Waals surface area (Å²) < 4.78 is 0. The lowest BCUT2D eigenvalue weighted by atomic mass is 10.1. The molecule has 2 rings (SSSR count). The molecular formula is C19H32N4. The van der Waals surface area contributed by atoms with E-state index in [1.54, 1.807) is 0 Å². The molecular weight excluding hydrogens is 284 g/mol. The Morgan fingerprint density at radius 3 is 2.48 bits per heavy atom. The van der Waals surface area contributed by atoms with Crippen LogP contribution in [0.5, 0.6) is 0 Å².